The predicted molar refractivity (Wildman–Crippen MR) is 95.3 cm³/mol. The number of methoxy groups -OCH3 is 2. The SMILES string of the molecule is COc1cc(OC)cc(C(=O)NNc2nc3c(Cl)cccc3s2)c1. The summed E-state index contributed by atoms with van der Waals surface area (Å²) in [6.07, 6.45) is 0. The number of benzene rings is 2. The molecule has 0 aliphatic carbocycles. The number of anilines is 1. The first-order valence-electron chi connectivity index (χ1n) is 6.95. The topological polar surface area (TPSA) is 72.5 Å². The second-order valence-corrected chi connectivity index (χ2v) is 6.22. The largest absolute Gasteiger partial charge is 0.497 e. The third-order valence-electron chi connectivity index (χ3n) is 3.27. The van der Waals surface area contributed by atoms with Gasteiger partial charge in [-0.1, -0.05) is 29.0 Å². The molecule has 1 amide bonds. The predicted octanol–water partition coefficient (Wildman–Crippen LogP) is 3.72. The molecule has 6 nitrogen and oxygen atoms in total. The number of hydrazine groups is 1. The van der Waals surface area contributed by atoms with Crippen molar-refractivity contribution in [1.29, 1.82) is 0 Å². The van der Waals surface area contributed by atoms with Crippen LogP contribution in [0, 0.1) is 0 Å². The van der Waals surface area contributed by atoms with Gasteiger partial charge in [-0.15, -0.1) is 0 Å². The van der Waals surface area contributed by atoms with E-state index in [9.17, 15) is 4.79 Å². The molecule has 0 unspecified atom stereocenters. The van der Waals surface area contributed by atoms with E-state index in [1.807, 2.05) is 12.1 Å². The fourth-order valence-electron chi connectivity index (χ4n) is 2.09. The Morgan fingerprint density at radius 2 is 1.88 bits per heavy atom. The number of halogens is 1. The van der Waals surface area contributed by atoms with E-state index in [1.54, 1.807) is 24.3 Å². The van der Waals surface area contributed by atoms with Gasteiger partial charge in [-0.2, -0.15) is 0 Å². The fourth-order valence-corrected chi connectivity index (χ4v) is 3.21. The zero-order valence-electron chi connectivity index (χ0n) is 12.9. The van der Waals surface area contributed by atoms with E-state index in [0.717, 1.165) is 4.70 Å². The normalized spacial score (nSPS) is 10.5. The first-order chi connectivity index (χ1) is 11.6. The molecular formula is C16H14ClN3O3S. The third-order valence-corrected chi connectivity index (χ3v) is 4.51. The standard InChI is InChI=1S/C16H14ClN3O3S/c1-22-10-6-9(7-11(8-10)23-2)15(21)19-20-16-18-14-12(17)4-3-5-13(14)24-16/h3-8H,1-2H3,(H,18,20)(H,19,21). The lowest BCUT2D eigenvalue weighted by molar-refractivity contribution is 0.0962. The highest BCUT2D eigenvalue weighted by molar-refractivity contribution is 7.22. The van der Waals surface area contributed by atoms with Crippen LogP contribution in [0.5, 0.6) is 11.5 Å². The van der Waals surface area contributed by atoms with Gasteiger partial charge >= 0.3 is 0 Å². The molecule has 0 saturated carbocycles. The number of carbonyl (C=O) groups is 1. The molecule has 3 rings (SSSR count). The molecule has 0 aliphatic rings. The average Bonchev–Trinajstić information content (AvgIpc) is 3.03. The lowest BCUT2D eigenvalue weighted by Gasteiger charge is -2.09. The Morgan fingerprint density at radius 1 is 1.17 bits per heavy atom. The van der Waals surface area contributed by atoms with Gasteiger partial charge in [-0.3, -0.25) is 15.6 Å². The molecular weight excluding hydrogens is 350 g/mol. The first kappa shape index (κ1) is 16.4. The maximum atomic E-state index is 12.3. The van der Waals surface area contributed by atoms with Crippen molar-refractivity contribution in [3.63, 3.8) is 0 Å². The van der Waals surface area contributed by atoms with Gasteiger partial charge in [0.1, 0.15) is 17.0 Å². The molecule has 0 fully saturated rings. The second kappa shape index (κ2) is 6.94. The number of rotatable bonds is 5. The van der Waals surface area contributed by atoms with Gasteiger partial charge in [0.2, 0.25) is 5.13 Å². The Morgan fingerprint density at radius 3 is 2.50 bits per heavy atom. The molecule has 124 valence electrons. The van der Waals surface area contributed by atoms with Gasteiger partial charge in [0.15, 0.2) is 0 Å². The van der Waals surface area contributed by atoms with Crippen molar-refractivity contribution in [3.8, 4) is 11.5 Å². The van der Waals surface area contributed by atoms with E-state index in [1.165, 1.54) is 25.6 Å². The Labute approximate surface area is 147 Å². The van der Waals surface area contributed by atoms with E-state index < -0.39 is 0 Å². The van der Waals surface area contributed by atoms with E-state index in [4.69, 9.17) is 21.1 Å². The monoisotopic (exact) mass is 363 g/mol. The molecule has 0 bridgehead atoms. The number of thiazole rings is 1. The molecule has 0 saturated heterocycles. The van der Waals surface area contributed by atoms with Crippen LogP contribution in [-0.2, 0) is 0 Å². The van der Waals surface area contributed by atoms with Gasteiger partial charge in [-0.25, -0.2) is 4.98 Å². The number of amides is 1. The summed E-state index contributed by atoms with van der Waals surface area (Å²) < 4.78 is 11.2. The van der Waals surface area contributed by atoms with Crippen molar-refractivity contribution in [1.82, 2.24) is 10.4 Å². The molecule has 2 aromatic carbocycles. The van der Waals surface area contributed by atoms with Crippen LogP contribution >= 0.6 is 22.9 Å². The molecule has 0 aliphatic heterocycles. The van der Waals surface area contributed by atoms with Crippen molar-refractivity contribution in [2.75, 3.05) is 19.6 Å². The maximum absolute atomic E-state index is 12.3. The molecule has 0 spiro atoms. The Hall–Kier alpha value is -2.51. The van der Waals surface area contributed by atoms with Crippen LogP contribution in [0.2, 0.25) is 5.02 Å². The van der Waals surface area contributed by atoms with Crippen LogP contribution in [0.15, 0.2) is 36.4 Å². The van der Waals surface area contributed by atoms with E-state index in [-0.39, 0.29) is 5.91 Å². The Bertz CT molecular complexity index is 875. The maximum Gasteiger partial charge on any atom is 0.269 e. The number of hydrogen-bond acceptors (Lipinski definition) is 6. The zero-order valence-corrected chi connectivity index (χ0v) is 14.5. The Balaban J connectivity index is 1.76. The summed E-state index contributed by atoms with van der Waals surface area (Å²) in [4.78, 5) is 16.7. The molecule has 8 heteroatoms. The number of fused-ring (bicyclic) bond motifs is 1. The summed E-state index contributed by atoms with van der Waals surface area (Å²) in [5.74, 6) is 0.732. The van der Waals surface area contributed by atoms with Gasteiger partial charge in [0, 0.05) is 11.6 Å². The molecule has 1 heterocycles. The van der Waals surface area contributed by atoms with E-state index in [2.05, 4.69) is 15.8 Å². The minimum Gasteiger partial charge on any atom is -0.497 e. The number of para-hydroxylation sites is 1. The fraction of sp³-hybridized carbons (Fsp3) is 0.125. The minimum atomic E-state index is -0.336. The molecule has 0 radical (unpaired) electrons. The lowest BCUT2D eigenvalue weighted by atomic mass is 10.2. The molecule has 1 aromatic heterocycles. The molecule has 2 N–H and O–H groups in total. The molecule has 24 heavy (non-hydrogen) atoms. The van der Waals surface area contributed by atoms with E-state index in [0.29, 0.717) is 32.7 Å². The van der Waals surface area contributed by atoms with Gasteiger partial charge in [0.25, 0.3) is 5.91 Å². The number of hydrogen-bond donors (Lipinski definition) is 2. The van der Waals surface area contributed by atoms with Gasteiger partial charge in [0.05, 0.1) is 23.9 Å². The number of nitrogens with one attached hydrogen (secondary N) is 2. The average molecular weight is 364 g/mol. The Kier molecular flexibility index (Phi) is 4.73. The van der Waals surface area contributed by atoms with E-state index >= 15 is 0 Å². The molecule has 3 aromatic rings. The summed E-state index contributed by atoms with van der Waals surface area (Å²) in [6, 6.07) is 10.5. The second-order valence-electron chi connectivity index (χ2n) is 4.79. The van der Waals surface area contributed by atoms with Crippen LogP contribution in [0.4, 0.5) is 5.13 Å². The lowest BCUT2D eigenvalue weighted by Crippen LogP contribution is -2.29. The highest BCUT2D eigenvalue weighted by Gasteiger charge is 2.11. The number of ether oxygens (including phenoxy) is 2. The minimum absolute atomic E-state index is 0.336. The van der Waals surface area contributed by atoms with Crippen LogP contribution in [0.3, 0.4) is 0 Å². The van der Waals surface area contributed by atoms with Crippen LogP contribution in [0.1, 0.15) is 10.4 Å². The van der Waals surface area contributed by atoms with Gasteiger partial charge in [-0.05, 0) is 24.3 Å². The first-order valence-corrected chi connectivity index (χ1v) is 8.14. The quantitative estimate of drug-likeness (QED) is 0.676. The van der Waals surface area contributed by atoms with Crippen molar-refractivity contribution < 1.29 is 14.3 Å². The van der Waals surface area contributed by atoms with Crippen LogP contribution in [-0.4, -0.2) is 25.1 Å². The number of aromatic nitrogens is 1. The van der Waals surface area contributed by atoms with Crippen molar-refractivity contribution >= 4 is 44.2 Å². The van der Waals surface area contributed by atoms with Crippen LogP contribution < -0.4 is 20.3 Å². The van der Waals surface area contributed by atoms with Gasteiger partial charge < -0.3 is 9.47 Å². The zero-order chi connectivity index (χ0) is 17.1. The summed E-state index contributed by atoms with van der Waals surface area (Å²) in [5.41, 5.74) is 6.50. The summed E-state index contributed by atoms with van der Waals surface area (Å²) in [7, 11) is 3.05. The smallest absolute Gasteiger partial charge is 0.269 e. The van der Waals surface area contributed by atoms with Crippen molar-refractivity contribution in [2.45, 2.75) is 0 Å². The number of nitrogens with zero attached hydrogens (tertiary/aromatic N) is 1. The summed E-state index contributed by atoms with van der Waals surface area (Å²) in [6.45, 7) is 0. The summed E-state index contributed by atoms with van der Waals surface area (Å²) >= 11 is 7.49. The van der Waals surface area contributed by atoms with Crippen molar-refractivity contribution in [3.05, 3.63) is 47.0 Å². The third kappa shape index (κ3) is 3.37. The van der Waals surface area contributed by atoms with Crippen LogP contribution in [0.25, 0.3) is 10.2 Å². The van der Waals surface area contributed by atoms with Crippen molar-refractivity contribution in [2.24, 2.45) is 0 Å². The highest BCUT2D eigenvalue weighted by atomic mass is 35.5. The number of carbonyl (C=O) groups excluding carboxylic acids is 1. The summed E-state index contributed by atoms with van der Waals surface area (Å²) in [5, 5.41) is 1.11. The molecule has 0 atom stereocenters. The highest BCUT2D eigenvalue weighted by Crippen LogP contribution is 2.30.